The Morgan fingerprint density at radius 3 is 2.28 bits per heavy atom. The molecule has 1 fully saturated rings. The number of nitrogens with one attached hydrogen (secondary N) is 1. The van der Waals surface area contributed by atoms with Crippen molar-refractivity contribution in [2.24, 2.45) is 0 Å². The molecule has 0 aromatic heterocycles. The van der Waals surface area contributed by atoms with Gasteiger partial charge in [0.1, 0.15) is 0 Å². The number of rotatable bonds is 6. The van der Waals surface area contributed by atoms with Gasteiger partial charge in [-0.05, 0) is 36.8 Å². The first-order chi connectivity index (χ1) is 12.2. The minimum Gasteiger partial charge on any atom is -0.493 e. The van der Waals surface area contributed by atoms with Crippen LogP contribution in [0.4, 0.5) is 5.69 Å². The summed E-state index contributed by atoms with van der Waals surface area (Å²) in [7, 11) is 3.37. The molecule has 3 rings (SSSR count). The number of ether oxygens (including phenoxy) is 2. The molecule has 1 aliphatic rings. The van der Waals surface area contributed by atoms with Crippen LogP contribution in [0.25, 0.3) is 0 Å². The molecule has 0 radical (unpaired) electrons. The fraction of sp³-hybridized carbons (Fsp3) is 0.429. The fourth-order valence-electron chi connectivity index (χ4n) is 3.69. The molecule has 4 nitrogen and oxygen atoms in total. The summed E-state index contributed by atoms with van der Waals surface area (Å²) in [4.78, 5) is 4.18. The Morgan fingerprint density at radius 2 is 1.64 bits per heavy atom. The molecule has 0 amide bonds. The van der Waals surface area contributed by atoms with Crippen molar-refractivity contribution in [1.29, 1.82) is 0 Å². The maximum Gasteiger partial charge on any atom is 0.160 e. The Morgan fingerprint density at radius 1 is 0.960 bits per heavy atom. The molecule has 0 saturated carbocycles. The molecule has 134 valence electrons. The normalized spacial score (nSPS) is 16.5. The van der Waals surface area contributed by atoms with Crippen LogP contribution >= 0.6 is 0 Å². The Bertz CT molecular complexity index is 667. The second kappa shape index (κ2) is 8.26. The Labute approximate surface area is 151 Å². The average molecular weight is 341 g/mol. The lowest BCUT2D eigenvalue weighted by Crippen LogP contribution is -3.18. The fourth-order valence-corrected chi connectivity index (χ4v) is 3.69. The monoisotopic (exact) mass is 341 g/mol. The highest BCUT2D eigenvalue weighted by molar-refractivity contribution is 5.46. The van der Waals surface area contributed by atoms with Gasteiger partial charge in [-0.25, -0.2) is 0 Å². The third-order valence-electron chi connectivity index (χ3n) is 5.21. The summed E-state index contributed by atoms with van der Waals surface area (Å²) in [5.41, 5.74) is 2.65. The highest BCUT2D eigenvalue weighted by atomic mass is 16.5. The van der Waals surface area contributed by atoms with E-state index in [9.17, 15) is 0 Å². The highest BCUT2D eigenvalue weighted by Gasteiger charge is 2.24. The van der Waals surface area contributed by atoms with Gasteiger partial charge in [0.25, 0.3) is 0 Å². The quantitative estimate of drug-likeness (QED) is 0.871. The molecule has 25 heavy (non-hydrogen) atoms. The van der Waals surface area contributed by atoms with E-state index >= 15 is 0 Å². The number of methoxy groups -OCH3 is 2. The molecule has 2 aromatic rings. The maximum atomic E-state index is 5.43. The minimum atomic E-state index is 0.594. The average Bonchev–Trinajstić information content (AvgIpc) is 2.68. The molecule has 0 bridgehead atoms. The molecule has 1 saturated heterocycles. The van der Waals surface area contributed by atoms with Gasteiger partial charge in [-0.2, -0.15) is 0 Å². The van der Waals surface area contributed by atoms with E-state index in [1.807, 2.05) is 6.07 Å². The molecule has 1 N–H and O–H groups in total. The van der Waals surface area contributed by atoms with E-state index in [0.717, 1.165) is 31.0 Å². The zero-order chi connectivity index (χ0) is 17.6. The summed E-state index contributed by atoms with van der Waals surface area (Å²) in [6.07, 6.45) is 1.06. The summed E-state index contributed by atoms with van der Waals surface area (Å²) in [6.45, 7) is 6.96. The number of hydrogen-bond acceptors (Lipinski definition) is 3. The number of anilines is 1. The zero-order valence-corrected chi connectivity index (χ0v) is 15.5. The number of benzene rings is 2. The van der Waals surface area contributed by atoms with Crippen molar-refractivity contribution < 1.29 is 14.4 Å². The predicted octanol–water partition coefficient (Wildman–Crippen LogP) is 2.04. The van der Waals surface area contributed by atoms with Gasteiger partial charge in [-0.1, -0.05) is 24.3 Å². The van der Waals surface area contributed by atoms with Gasteiger partial charge in [0.2, 0.25) is 0 Å². The van der Waals surface area contributed by atoms with Crippen molar-refractivity contribution in [3.63, 3.8) is 0 Å². The largest absolute Gasteiger partial charge is 0.493 e. The van der Waals surface area contributed by atoms with E-state index in [4.69, 9.17) is 9.47 Å². The highest BCUT2D eigenvalue weighted by Crippen LogP contribution is 2.27. The number of para-hydroxylation sites is 1. The van der Waals surface area contributed by atoms with Crippen LogP contribution in [0.5, 0.6) is 11.5 Å². The molecule has 4 heteroatoms. The zero-order valence-electron chi connectivity index (χ0n) is 15.5. The van der Waals surface area contributed by atoms with Gasteiger partial charge < -0.3 is 19.3 Å². The SMILES string of the molecule is COc1ccc(C[C@@H](C)[NH+]2CCN(c3ccccc3)CC2)cc1OC. The molecule has 0 unspecified atom stereocenters. The van der Waals surface area contributed by atoms with Crippen LogP contribution in [0.3, 0.4) is 0 Å². The standard InChI is InChI=1S/C21H28N2O2/c1-17(15-18-9-10-20(24-2)21(16-18)25-3)22-11-13-23(14-12-22)19-7-5-4-6-8-19/h4-10,16-17H,11-15H2,1-3H3/p+1/t17-/m1/s1. The summed E-state index contributed by atoms with van der Waals surface area (Å²) in [5.74, 6) is 1.61. The van der Waals surface area contributed by atoms with Crippen molar-refractivity contribution in [3.8, 4) is 11.5 Å². The predicted molar refractivity (Wildman–Crippen MR) is 102 cm³/mol. The molecule has 0 spiro atoms. The molecular formula is C21H29N2O2+. The van der Waals surface area contributed by atoms with E-state index in [0.29, 0.717) is 6.04 Å². The van der Waals surface area contributed by atoms with Crippen LogP contribution in [-0.4, -0.2) is 46.4 Å². The Balaban J connectivity index is 1.57. The van der Waals surface area contributed by atoms with Crippen molar-refractivity contribution in [2.75, 3.05) is 45.3 Å². The van der Waals surface area contributed by atoms with Crippen molar-refractivity contribution in [2.45, 2.75) is 19.4 Å². The molecule has 0 aliphatic carbocycles. The van der Waals surface area contributed by atoms with Crippen LogP contribution in [-0.2, 0) is 6.42 Å². The smallest absolute Gasteiger partial charge is 0.160 e. The van der Waals surface area contributed by atoms with Gasteiger partial charge in [0, 0.05) is 12.1 Å². The second-order valence-corrected chi connectivity index (χ2v) is 6.78. The van der Waals surface area contributed by atoms with E-state index in [1.54, 1.807) is 19.1 Å². The van der Waals surface area contributed by atoms with Crippen LogP contribution in [0, 0.1) is 0 Å². The topological polar surface area (TPSA) is 26.1 Å². The first kappa shape index (κ1) is 17.6. The van der Waals surface area contributed by atoms with Crippen LogP contribution in [0.1, 0.15) is 12.5 Å². The van der Waals surface area contributed by atoms with E-state index in [1.165, 1.54) is 24.3 Å². The van der Waals surface area contributed by atoms with Gasteiger partial charge in [0.15, 0.2) is 11.5 Å². The first-order valence-electron chi connectivity index (χ1n) is 9.06. The van der Waals surface area contributed by atoms with Crippen LogP contribution in [0.2, 0.25) is 0 Å². The van der Waals surface area contributed by atoms with Gasteiger partial charge >= 0.3 is 0 Å². The lowest BCUT2D eigenvalue weighted by atomic mass is 10.0. The molecule has 1 aliphatic heterocycles. The van der Waals surface area contributed by atoms with Crippen LogP contribution < -0.4 is 19.3 Å². The number of nitrogens with zero attached hydrogens (tertiary/aromatic N) is 1. The van der Waals surface area contributed by atoms with Crippen molar-refractivity contribution in [1.82, 2.24) is 0 Å². The van der Waals surface area contributed by atoms with Crippen molar-refractivity contribution >= 4 is 5.69 Å². The molecule has 1 atom stereocenters. The third-order valence-corrected chi connectivity index (χ3v) is 5.21. The summed E-state index contributed by atoms with van der Waals surface area (Å²) < 4.78 is 10.8. The van der Waals surface area contributed by atoms with E-state index in [2.05, 4.69) is 54.3 Å². The van der Waals surface area contributed by atoms with Crippen molar-refractivity contribution in [3.05, 3.63) is 54.1 Å². The lowest BCUT2D eigenvalue weighted by Gasteiger charge is -2.36. The van der Waals surface area contributed by atoms with Gasteiger partial charge in [-0.3, -0.25) is 0 Å². The first-order valence-corrected chi connectivity index (χ1v) is 9.06. The Kier molecular flexibility index (Phi) is 5.82. The molecule has 2 aromatic carbocycles. The van der Waals surface area contributed by atoms with E-state index in [-0.39, 0.29) is 0 Å². The summed E-state index contributed by atoms with van der Waals surface area (Å²) in [5, 5.41) is 0. The molecule has 1 heterocycles. The van der Waals surface area contributed by atoms with Crippen LogP contribution in [0.15, 0.2) is 48.5 Å². The van der Waals surface area contributed by atoms with E-state index < -0.39 is 0 Å². The number of piperazine rings is 1. The third kappa shape index (κ3) is 4.26. The lowest BCUT2D eigenvalue weighted by molar-refractivity contribution is -0.923. The summed E-state index contributed by atoms with van der Waals surface area (Å²) in [6, 6.07) is 17.6. The summed E-state index contributed by atoms with van der Waals surface area (Å²) >= 11 is 0. The maximum absolute atomic E-state index is 5.43. The van der Waals surface area contributed by atoms with Gasteiger partial charge in [-0.15, -0.1) is 0 Å². The number of quaternary nitrogens is 1. The molecular weight excluding hydrogens is 312 g/mol. The Hall–Kier alpha value is -2.20. The number of hydrogen-bond donors (Lipinski definition) is 1. The second-order valence-electron chi connectivity index (χ2n) is 6.78. The van der Waals surface area contributed by atoms with Gasteiger partial charge in [0.05, 0.1) is 46.4 Å². The minimum absolute atomic E-state index is 0.594.